The van der Waals surface area contributed by atoms with Crippen molar-refractivity contribution in [1.29, 1.82) is 0 Å². The third kappa shape index (κ3) is 1.78. The number of hydrogen-bond acceptors (Lipinski definition) is 3. The van der Waals surface area contributed by atoms with Crippen LogP contribution in [0.2, 0.25) is 0 Å². The first kappa shape index (κ1) is 10.7. The molecule has 1 aromatic rings. The first-order valence-corrected chi connectivity index (χ1v) is 7.37. The van der Waals surface area contributed by atoms with Crippen molar-refractivity contribution >= 4 is 11.8 Å². The van der Waals surface area contributed by atoms with Gasteiger partial charge in [-0.2, -0.15) is 16.9 Å². The first-order chi connectivity index (χ1) is 7.86. The molecule has 2 aliphatic heterocycles. The molecule has 3 heterocycles. The van der Waals surface area contributed by atoms with Crippen LogP contribution in [0.1, 0.15) is 35.8 Å². The molecule has 3 nitrogen and oxygen atoms in total. The normalized spacial score (nSPS) is 22.1. The van der Waals surface area contributed by atoms with Gasteiger partial charge in [-0.15, -0.1) is 0 Å². The zero-order valence-electron chi connectivity index (χ0n) is 9.83. The Balaban J connectivity index is 1.93. The van der Waals surface area contributed by atoms with Crippen LogP contribution in [0.5, 0.6) is 0 Å². The summed E-state index contributed by atoms with van der Waals surface area (Å²) < 4.78 is 2.33. The average molecular weight is 237 g/mol. The number of hydrogen-bond donors (Lipinski definition) is 1. The van der Waals surface area contributed by atoms with Crippen LogP contribution in [-0.4, -0.2) is 27.8 Å². The summed E-state index contributed by atoms with van der Waals surface area (Å²) in [4.78, 5) is 0. The lowest BCUT2D eigenvalue weighted by Gasteiger charge is -2.25. The van der Waals surface area contributed by atoms with Crippen LogP contribution >= 0.6 is 11.8 Å². The van der Waals surface area contributed by atoms with E-state index in [9.17, 15) is 0 Å². The van der Waals surface area contributed by atoms with Gasteiger partial charge in [0.25, 0.3) is 0 Å². The molecule has 2 aliphatic rings. The van der Waals surface area contributed by atoms with E-state index in [1.165, 1.54) is 41.3 Å². The van der Waals surface area contributed by atoms with E-state index in [0.29, 0.717) is 6.04 Å². The van der Waals surface area contributed by atoms with E-state index < -0.39 is 0 Å². The Morgan fingerprint density at radius 1 is 1.38 bits per heavy atom. The highest BCUT2D eigenvalue weighted by molar-refractivity contribution is 7.99. The molecule has 0 unspecified atom stereocenters. The molecule has 16 heavy (non-hydrogen) atoms. The van der Waals surface area contributed by atoms with Crippen LogP contribution in [0.3, 0.4) is 0 Å². The molecular weight excluding hydrogens is 218 g/mol. The van der Waals surface area contributed by atoms with Gasteiger partial charge in [-0.05, 0) is 49.8 Å². The molecule has 0 aromatic carbocycles. The second-order valence-electron chi connectivity index (χ2n) is 4.73. The van der Waals surface area contributed by atoms with Gasteiger partial charge in [0.1, 0.15) is 0 Å². The summed E-state index contributed by atoms with van der Waals surface area (Å²) in [5, 5.41) is 8.25. The van der Waals surface area contributed by atoms with Crippen molar-refractivity contribution in [3.8, 4) is 0 Å². The Morgan fingerprint density at radius 2 is 2.19 bits per heavy atom. The summed E-state index contributed by atoms with van der Waals surface area (Å²) in [6.07, 6.45) is 3.74. The maximum Gasteiger partial charge on any atom is 0.0629 e. The molecule has 4 heteroatoms. The summed E-state index contributed by atoms with van der Waals surface area (Å²) in [7, 11) is 0. The SMILES string of the molecule is Cc1nn(C2CCSCC2)c2c1CCNC2. The fourth-order valence-corrected chi connectivity index (χ4v) is 3.88. The highest BCUT2D eigenvalue weighted by Gasteiger charge is 2.24. The lowest BCUT2D eigenvalue weighted by molar-refractivity contribution is 0.402. The van der Waals surface area contributed by atoms with E-state index in [2.05, 4.69) is 28.7 Å². The van der Waals surface area contributed by atoms with Gasteiger partial charge in [0.15, 0.2) is 0 Å². The molecule has 0 amide bonds. The van der Waals surface area contributed by atoms with Crippen LogP contribution in [-0.2, 0) is 13.0 Å². The van der Waals surface area contributed by atoms with Gasteiger partial charge in [0, 0.05) is 6.54 Å². The van der Waals surface area contributed by atoms with Crippen molar-refractivity contribution in [3.05, 3.63) is 17.0 Å². The lowest BCUT2D eigenvalue weighted by Crippen LogP contribution is -2.27. The smallest absolute Gasteiger partial charge is 0.0629 e. The largest absolute Gasteiger partial charge is 0.311 e. The first-order valence-electron chi connectivity index (χ1n) is 6.21. The molecular formula is C12H19N3S. The minimum absolute atomic E-state index is 0.656. The van der Waals surface area contributed by atoms with E-state index in [-0.39, 0.29) is 0 Å². The summed E-state index contributed by atoms with van der Waals surface area (Å²) >= 11 is 2.08. The second-order valence-corrected chi connectivity index (χ2v) is 5.95. The second kappa shape index (κ2) is 4.41. The van der Waals surface area contributed by atoms with Gasteiger partial charge in [0.2, 0.25) is 0 Å². The van der Waals surface area contributed by atoms with Gasteiger partial charge in [0.05, 0.1) is 17.4 Å². The molecule has 0 radical (unpaired) electrons. The van der Waals surface area contributed by atoms with Crippen molar-refractivity contribution in [3.63, 3.8) is 0 Å². The Morgan fingerprint density at radius 3 is 3.00 bits per heavy atom. The monoisotopic (exact) mass is 237 g/mol. The number of rotatable bonds is 1. The zero-order chi connectivity index (χ0) is 11.0. The van der Waals surface area contributed by atoms with Crippen LogP contribution in [0.25, 0.3) is 0 Å². The predicted molar refractivity (Wildman–Crippen MR) is 68.0 cm³/mol. The van der Waals surface area contributed by atoms with Gasteiger partial charge < -0.3 is 5.32 Å². The fraction of sp³-hybridized carbons (Fsp3) is 0.750. The predicted octanol–water partition coefficient (Wildman–Crippen LogP) is 1.91. The molecule has 0 atom stereocenters. The number of aromatic nitrogens is 2. The molecule has 0 saturated carbocycles. The number of fused-ring (bicyclic) bond motifs is 1. The maximum absolute atomic E-state index is 4.78. The van der Waals surface area contributed by atoms with Crippen molar-refractivity contribution in [2.24, 2.45) is 0 Å². The van der Waals surface area contributed by atoms with Crippen molar-refractivity contribution in [2.75, 3.05) is 18.1 Å². The Kier molecular flexibility index (Phi) is 2.94. The third-order valence-electron chi connectivity index (χ3n) is 3.70. The standard InChI is InChI=1S/C12H19N3S/c1-9-11-2-5-13-8-12(11)15(14-9)10-3-6-16-7-4-10/h10,13H,2-8H2,1H3. The quantitative estimate of drug-likeness (QED) is 0.809. The Hall–Kier alpha value is -0.480. The summed E-state index contributed by atoms with van der Waals surface area (Å²) in [5.41, 5.74) is 4.23. The molecule has 1 fully saturated rings. The third-order valence-corrected chi connectivity index (χ3v) is 4.75. The molecule has 3 rings (SSSR count). The van der Waals surface area contributed by atoms with Gasteiger partial charge in [-0.1, -0.05) is 0 Å². The minimum Gasteiger partial charge on any atom is -0.311 e. The minimum atomic E-state index is 0.656. The molecule has 1 saturated heterocycles. The molecule has 1 N–H and O–H groups in total. The van der Waals surface area contributed by atoms with E-state index in [4.69, 9.17) is 5.10 Å². The number of nitrogens with one attached hydrogen (secondary N) is 1. The topological polar surface area (TPSA) is 29.9 Å². The molecule has 88 valence electrons. The lowest BCUT2D eigenvalue weighted by atomic mass is 10.1. The molecule has 0 bridgehead atoms. The van der Waals surface area contributed by atoms with E-state index in [0.717, 1.165) is 19.5 Å². The summed E-state index contributed by atoms with van der Waals surface area (Å²) in [6.45, 7) is 4.29. The van der Waals surface area contributed by atoms with E-state index in [1.54, 1.807) is 0 Å². The highest BCUT2D eigenvalue weighted by Crippen LogP contribution is 2.30. The highest BCUT2D eigenvalue weighted by atomic mass is 32.2. The number of thioether (sulfide) groups is 1. The fourth-order valence-electron chi connectivity index (χ4n) is 2.79. The molecule has 1 aromatic heterocycles. The molecule has 0 aliphatic carbocycles. The number of nitrogens with zero attached hydrogens (tertiary/aromatic N) is 2. The summed E-state index contributed by atoms with van der Waals surface area (Å²) in [5.74, 6) is 2.59. The Bertz CT molecular complexity index is 380. The van der Waals surface area contributed by atoms with E-state index >= 15 is 0 Å². The summed E-state index contributed by atoms with van der Waals surface area (Å²) in [6, 6.07) is 0.656. The van der Waals surface area contributed by atoms with Gasteiger partial charge >= 0.3 is 0 Å². The van der Waals surface area contributed by atoms with Crippen molar-refractivity contribution in [1.82, 2.24) is 15.1 Å². The van der Waals surface area contributed by atoms with Crippen LogP contribution in [0, 0.1) is 6.92 Å². The number of aryl methyl sites for hydroxylation is 1. The van der Waals surface area contributed by atoms with Gasteiger partial charge in [-0.3, -0.25) is 4.68 Å². The van der Waals surface area contributed by atoms with E-state index in [1.807, 2.05) is 0 Å². The van der Waals surface area contributed by atoms with Gasteiger partial charge in [-0.25, -0.2) is 0 Å². The van der Waals surface area contributed by atoms with Crippen LogP contribution in [0.4, 0.5) is 0 Å². The Labute approximate surface area is 101 Å². The van der Waals surface area contributed by atoms with Crippen LogP contribution < -0.4 is 5.32 Å². The molecule has 0 spiro atoms. The van der Waals surface area contributed by atoms with Crippen LogP contribution in [0.15, 0.2) is 0 Å². The average Bonchev–Trinajstić information content (AvgIpc) is 2.69. The maximum atomic E-state index is 4.78. The zero-order valence-corrected chi connectivity index (χ0v) is 10.6. The van der Waals surface area contributed by atoms with Crippen molar-refractivity contribution < 1.29 is 0 Å². The van der Waals surface area contributed by atoms with Crippen molar-refractivity contribution in [2.45, 2.75) is 38.8 Å².